The number of amides is 1. The Morgan fingerprint density at radius 1 is 1.09 bits per heavy atom. The number of hydrogen-bond donors (Lipinski definition) is 1. The molecule has 1 aliphatic heterocycles. The van der Waals surface area contributed by atoms with E-state index in [1.165, 1.54) is 16.0 Å². The van der Waals surface area contributed by atoms with E-state index >= 15 is 0 Å². The molecular weight excluding hydrogens is 489 g/mol. The molecule has 1 fully saturated rings. The molecule has 0 bridgehead atoms. The molecule has 3 atom stereocenters. The number of rotatable bonds is 6. The molecule has 1 saturated carbocycles. The van der Waals surface area contributed by atoms with Crippen molar-refractivity contribution in [3.8, 4) is 17.2 Å². The van der Waals surface area contributed by atoms with Gasteiger partial charge in [0.05, 0.1) is 0 Å². The molecule has 7 heteroatoms. The van der Waals surface area contributed by atoms with Crippen LogP contribution in [0.15, 0.2) is 65.6 Å². The van der Waals surface area contributed by atoms with Crippen LogP contribution in [0.2, 0.25) is 5.02 Å². The first-order chi connectivity index (χ1) is 17.0. The summed E-state index contributed by atoms with van der Waals surface area (Å²) in [6.45, 7) is 0.734. The Morgan fingerprint density at radius 2 is 1.86 bits per heavy atom. The maximum Gasteiger partial charge on any atom is -0.0259 e. The molecule has 0 spiro atoms. The number of carbonyl (C=O) groups is 1. The average Bonchev–Trinajstić information content (AvgIpc) is 3.34. The van der Waals surface area contributed by atoms with Gasteiger partial charge in [-0.3, -0.25) is 0 Å². The fourth-order valence-corrected chi connectivity index (χ4v) is 6.31. The Balaban J connectivity index is 1.19. The van der Waals surface area contributed by atoms with Crippen molar-refractivity contribution in [1.29, 1.82) is 0 Å². The van der Waals surface area contributed by atoms with Gasteiger partial charge in [0.1, 0.15) is 0 Å². The molecule has 3 aromatic rings. The van der Waals surface area contributed by atoms with Gasteiger partial charge < -0.3 is 0 Å². The Bertz CT molecular complexity index is 1200. The third kappa shape index (κ3) is 5.86. The summed E-state index contributed by atoms with van der Waals surface area (Å²) in [6, 6.07) is 20.1. The van der Waals surface area contributed by atoms with Crippen LogP contribution in [0, 0.1) is 0 Å². The smallest absolute Gasteiger partial charge is 0.0259 e. The fraction of sp³-hybridized carbons (Fsp3) is 0.321. The first-order valence-electron chi connectivity index (χ1n) is 12.2. The summed E-state index contributed by atoms with van der Waals surface area (Å²) >= 11 is 9.32. The maximum atomic E-state index is 12.9. The number of nitrogens with one attached hydrogen (secondary N) is 1. The summed E-state index contributed by atoms with van der Waals surface area (Å²) in [7, 11) is 0. The predicted molar refractivity (Wildman–Crippen MR) is 143 cm³/mol. The van der Waals surface area contributed by atoms with Gasteiger partial charge in [0.25, 0.3) is 0 Å². The van der Waals surface area contributed by atoms with Gasteiger partial charge in [-0.2, -0.15) is 0 Å². The van der Waals surface area contributed by atoms with Gasteiger partial charge in [0, 0.05) is 10.9 Å². The molecule has 3 aromatic carbocycles. The second-order valence-electron chi connectivity index (χ2n) is 9.44. The van der Waals surface area contributed by atoms with Gasteiger partial charge in [-0.1, -0.05) is 12.1 Å². The van der Waals surface area contributed by atoms with Crippen molar-refractivity contribution in [1.82, 2.24) is 5.32 Å². The zero-order valence-corrected chi connectivity index (χ0v) is 23.6. The quantitative estimate of drug-likeness (QED) is 0.286. The van der Waals surface area contributed by atoms with E-state index in [1.54, 1.807) is 23.9 Å². The van der Waals surface area contributed by atoms with Crippen molar-refractivity contribution in [2.24, 2.45) is 0 Å². The van der Waals surface area contributed by atoms with Gasteiger partial charge in [-0.15, -0.1) is 11.8 Å². The fourth-order valence-electron chi connectivity index (χ4n) is 5.00. The summed E-state index contributed by atoms with van der Waals surface area (Å²) in [5.74, 6) is 2.53. The van der Waals surface area contributed by atoms with Crippen molar-refractivity contribution in [2.45, 2.75) is 45.7 Å². The number of hydrogen-bond acceptors (Lipinski definition) is 4. The third-order valence-corrected chi connectivity index (χ3v) is 9.34. The van der Waals surface area contributed by atoms with Crippen LogP contribution in [0.3, 0.4) is 0 Å². The first kappa shape index (κ1) is 25.0. The van der Waals surface area contributed by atoms with E-state index in [0.717, 1.165) is 66.0 Å². The molecule has 0 saturated heterocycles. The molecule has 0 aromatic heterocycles. The van der Waals surface area contributed by atoms with Crippen LogP contribution in [0.25, 0.3) is 0 Å². The van der Waals surface area contributed by atoms with Gasteiger partial charge in [0.2, 0.25) is 0 Å². The Kier molecular flexibility index (Phi) is 8.00. The molecule has 2 aliphatic rings. The minimum absolute atomic E-state index is 0.0432. The number of benzene rings is 3. The largest absolute Gasteiger partial charge is 0.0576 e. The SMILES string of the molecule is CSc1ccc(C2CCC(NC(=O)c3ccc(Oc4cc5c(cc4Cl)[CH]([Na])CCO5)cc3)C2)cc1. The average molecular weight is 516 g/mol. The zero-order valence-electron chi connectivity index (χ0n) is 20.1. The molecule has 5 rings (SSSR count). The van der Waals surface area contributed by atoms with Crippen LogP contribution in [0.5, 0.6) is 17.2 Å². The zero-order chi connectivity index (χ0) is 24.4. The number of halogens is 1. The minimum atomic E-state index is -0.0432. The molecular formula is C28H27ClNNaO3S. The van der Waals surface area contributed by atoms with Crippen molar-refractivity contribution >= 4 is 57.2 Å². The van der Waals surface area contributed by atoms with Crippen LogP contribution >= 0.6 is 23.4 Å². The van der Waals surface area contributed by atoms with Crippen molar-refractivity contribution in [3.63, 3.8) is 0 Å². The predicted octanol–water partition coefficient (Wildman–Crippen LogP) is 6.91. The van der Waals surface area contributed by atoms with Crippen molar-refractivity contribution in [2.75, 3.05) is 12.9 Å². The summed E-state index contributed by atoms with van der Waals surface area (Å²) in [5.41, 5.74) is 3.17. The normalized spacial score (nSPS) is 21.2. The summed E-state index contributed by atoms with van der Waals surface area (Å²) in [4.78, 5) is 14.1. The van der Waals surface area contributed by atoms with E-state index < -0.39 is 0 Å². The van der Waals surface area contributed by atoms with Gasteiger partial charge in [0.15, 0.2) is 0 Å². The molecule has 1 N–H and O–H groups in total. The Labute approximate surface area is 233 Å². The van der Waals surface area contributed by atoms with Crippen molar-refractivity contribution in [3.05, 3.63) is 82.4 Å². The van der Waals surface area contributed by atoms with Crippen molar-refractivity contribution < 1.29 is 14.3 Å². The molecule has 0 radical (unpaired) electrons. The van der Waals surface area contributed by atoms with E-state index in [1.807, 2.05) is 24.3 Å². The van der Waals surface area contributed by atoms with Gasteiger partial charge >= 0.3 is 151 Å². The topological polar surface area (TPSA) is 47.6 Å². The molecule has 1 aliphatic carbocycles. The monoisotopic (exact) mass is 515 g/mol. The van der Waals surface area contributed by atoms with Crippen LogP contribution < -0.4 is 14.8 Å². The maximum absolute atomic E-state index is 12.9. The third-order valence-electron chi connectivity index (χ3n) is 7.10. The van der Waals surface area contributed by atoms with E-state index in [-0.39, 0.29) is 11.9 Å². The van der Waals surface area contributed by atoms with E-state index in [0.29, 0.717) is 31.2 Å². The number of ether oxygens (including phenoxy) is 2. The van der Waals surface area contributed by atoms with Crippen LogP contribution in [0.4, 0.5) is 0 Å². The molecule has 1 amide bonds. The van der Waals surface area contributed by atoms with Gasteiger partial charge in [-0.25, -0.2) is 0 Å². The second-order valence-corrected chi connectivity index (χ2v) is 12.1. The van der Waals surface area contributed by atoms with Gasteiger partial charge in [-0.05, 0) is 49.1 Å². The van der Waals surface area contributed by atoms with Crippen LogP contribution in [0.1, 0.15) is 56.3 Å². The molecule has 4 nitrogen and oxygen atoms in total. The van der Waals surface area contributed by atoms with Crippen LogP contribution in [-0.2, 0) is 0 Å². The molecule has 35 heavy (non-hydrogen) atoms. The molecule has 176 valence electrons. The standard InChI is InChI=1S/C28H27ClNO3S.Na/c1-34-24-12-7-18(8-13-24)20-4-9-22(15-20)30-28(31)19-5-10-23(11-6-19)33-27-17-26-21(16-25(27)29)3-2-14-32-26;/h3,5-8,10-13,16-17,20,22H,2,4,9,14-15H2,1H3,(H,30,31);. The minimum Gasteiger partial charge on any atom is -0.0576 e. The Hall–Kier alpha value is -1.63. The number of carbonyl (C=O) groups excluding carboxylic acids is 1. The van der Waals surface area contributed by atoms with E-state index in [2.05, 4.69) is 35.8 Å². The Morgan fingerprint density at radius 3 is 2.60 bits per heavy atom. The number of fused-ring (bicyclic) bond motifs is 1. The van der Waals surface area contributed by atoms with E-state index in [9.17, 15) is 4.79 Å². The molecule has 1 heterocycles. The van der Waals surface area contributed by atoms with E-state index in [4.69, 9.17) is 21.1 Å². The first-order valence-corrected chi connectivity index (χ1v) is 14.9. The molecule has 3 unspecified atom stereocenters. The summed E-state index contributed by atoms with van der Waals surface area (Å²) in [6.07, 6.45) is 6.22. The summed E-state index contributed by atoms with van der Waals surface area (Å²) < 4.78 is 12.4. The van der Waals surface area contributed by atoms with Crippen LogP contribution in [-0.4, -0.2) is 52.7 Å². The second kappa shape index (κ2) is 11.2. The number of thioether (sulfide) groups is 1. The summed E-state index contributed by atoms with van der Waals surface area (Å²) in [5, 5.41) is 3.80.